The molecular formula is C15H23BrN2O. The van der Waals surface area contributed by atoms with Gasteiger partial charge in [0.2, 0.25) is 5.91 Å². The maximum atomic E-state index is 11.9. The van der Waals surface area contributed by atoms with Gasteiger partial charge >= 0.3 is 0 Å². The Kier molecular flexibility index (Phi) is 7.10. The molecule has 0 aliphatic heterocycles. The first kappa shape index (κ1) is 16.2. The predicted octanol–water partition coefficient (Wildman–Crippen LogP) is 3.08. The van der Waals surface area contributed by atoms with Crippen LogP contribution >= 0.6 is 15.9 Å². The smallest absolute Gasteiger partial charge is 0.220 e. The lowest BCUT2D eigenvalue weighted by molar-refractivity contribution is -0.122. The highest BCUT2D eigenvalue weighted by atomic mass is 79.9. The second kappa shape index (κ2) is 8.33. The Morgan fingerprint density at radius 3 is 2.47 bits per heavy atom. The van der Waals surface area contributed by atoms with Crippen LogP contribution in [-0.2, 0) is 11.3 Å². The van der Waals surface area contributed by atoms with E-state index in [4.69, 9.17) is 5.73 Å². The monoisotopic (exact) mass is 326 g/mol. The second-order valence-corrected chi connectivity index (χ2v) is 6.25. The van der Waals surface area contributed by atoms with Crippen LogP contribution in [0.15, 0.2) is 28.7 Å². The summed E-state index contributed by atoms with van der Waals surface area (Å²) in [6.45, 7) is 5.46. The van der Waals surface area contributed by atoms with Crippen LogP contribution in [0.4, 0.5) is 0 Å². The zero-order chi connectivity index (χ0) is 14.3. The van der Waals surface area contributed by atoms with E-state index in [1.807, 2.05) is 24.3 Å². The molecule has 0 radical (unpaired) electrons. The number of carbonyl (C=O) groups is 1. The second-order valence-electron chi connectivity index (χ2n) is 5.34. The van der Waals surface area contributed by atoms with Crippen LogP contribution in [0.3, 0.4) is 0 Å². The lowest BCUT2D eigenvalue weighted by Crippen LogP contribution is -2.28. The minimum absolute atomic E-state index is 0.0824. The minimum Gasteiger partial charge on any atom is -0.352 e. The molecule has 0 heterocycles. The molecule has 0 saturated heterocycles. The average molecular weight is 327 g/mol. The summed E-state index contributed by atoms with van der Waals surface area (Å²) in [7, 11) is 0. The van der Waals surface area contributed by atoms with Crippen molar-refractivity contribution in [1.29, 1.82) is 0 Å². The van der Waals surface area contributed by atoms with Crippen molar-refractivity contribution >= 4 is 21.8 Å². The average Bonchev–Trinajstić information content (AvgIpc) is 2.36. The summed E-state index contributed by atoms with van der Waals surface area (Å²) in [6, 6.07) is 7.95. The number of nitrogens with one attached hydrogen (secondary N) is 1. The molecule has 1 unspecified atom stereocenters. The molecule has 0 aromatic heterocycles. The molecule has 106 valence electrons. The molecule has 4 heteroatoms. The Labute approximate surface area is 124 Å². The molecule has 1 aromatic carbocycles. The molecule has 0 aliphatic rings. The van der Waals surface area contributed by atoms with E-state index in [2.05, 4.69) is 35.1 Å². The Bertz CT molecular complexity index is 390. The SMILES string of the molecule is CC(C)CC(CN)CC(=O)NCc1ccc(Br)cc1. The van der Waals surface area contributed by atoms with Gasteiger partial charge in [-0.25, -0.2) is 0 Å². The van der Waals surface area contributed by atoms with Crippen LogP contribution in [0.1, 0.15) is 32.3 Å². The fraction of sp³-hybridized carbons (Fsp3) is 0.533. The van der Waals surface area contributed by atoms with E-state index in [0.29, 0.717) is 25.4 Å². The summed E-state index contributed by atoms with van der Waals surface area (Å²) >= 11 is 3.39. The molecule has 0 fully saturated rings. The molecular weight excluding hydrogens is 304 g/mol. The third-order valence-corrected chi connectivity index (χ3v) is 3.54. The highest BCUT2D eigenvalue weighted by Crippen LogP contribution is 2.14. The van der Waals surface area contributed by atoms with Crippen molar-refractivity contribution in [3.63, 3.8) is 0 Å². The third kappa shape index (κ3) is 6.73. The van der Waals surface area contributed by atoms with Crippen molar-refractivity contribution in [2.75, 3.05) is 6.54 Å². The Hall–Kier alpha value is -0.870. The van der Waals surface area contributed by atoms with Gasteiger partial charge in [0.25, 0.3) is 0 Å². The van der Waals surface area contributed by atoms with E-state index in [9.17, 15) is 4.79 Å². The van der Waals surface area contributed by atoms with Crippen LogP contribution in [0.25, 0.3) is 0 Å². The quantitative estimate of drug-likeness (QED) is 0.809. The van der Waals surface area contributed by atoms with E-state index in [1.165, 1.54) is 0 Å². The van der Waals surface area contributed by atoms with Crippen LogP contribution in [0.5, 0.6) is 0 Å². The number of carbonyl (C=O) groups excluding carboxylic acids is 1. The van der Waals surface area contributed by atoms with E-state index in [-0.39, 0.29) is 11.8 Å². The fourth-order valence-electron chi connectivity index (χ4n) is 2.07. The molecule has 19 heavy (non-hydrogen) atoms. The van der Waals surface area contributed by atoms with Crippen molar-refractivity contribution in [3.8, 4) is 0 Å². The molecule has 3 N–H and O–H groups in total. The number of rotatable bonds is 7. The van der Waals surface area contributed by atoms with Crippen molar-refractivity contribution in [1.82, 2.24) is 5.32 Å². The zero-order valence-corrected chi connectivity index (χ0v) is 13.2. The molecule has 0 saturated carbocycles. The standard InChI is InChI=1S/C15H23BrN2O/c1-11(2)7-13(9-17)8-15(19)18-10-12-3-5-14(16)6-4-12/h3-6,11,13H,7-10,17H2,1-2H3,(H,18,19). The first-order valence-corrected chi connectivity index (χ1v) is 7.51. The summed E-state index contributed by atoms with van der Waals surface area (Å²) in [5.74, 6) is 0.941. The van der Waals surface area contributed by atoms with Gasteiger partial charge in [0.15, 0.2) is 0 Å². The van der Waals surface area contributed by atoms with Gasteiger partial charge in [0.1, 0.15) is 0 Å². The first-order valence-electron chi connectivity index (χ1n) is 6.72. The van der Waals surface area contributed by atoms with Gasteiger partial charge < -0.3 is 11.1 Å². The van der Waals surface area contributed by atoms with Gasteiger partial charge in [-0.3, -0.25) is 4.79 Å². The van der Waals surface area contributed by atoms with Crippen molar-refractivity contribution in [3.05, 3.63) is 34.3 Å². The number of halogens is 1. The van der Waals surface area contributed by atoms with Gasteiger partial charge in [-0.05, 0) is 42.5 Å². The lowest BCUT2D eigenvalue weighted by atomic mass is 9.94. The molecule has 1 aromatic rings. The summed E-state index contributed by atoms with van der Waals surface area (Å²) in [5, 5.41) is 2.95. The normalized spacial score (nSPS) is 12.5. The number of nitrogens with two attached hydrogens (primary N) is 1. The largest absolute Gasteiger partial charge is 0.352 e. The summed E-state index contributed by atoms with van der Waals surface area (Å²) in [6.07, 6.45) is 1.52. The maximum absolute atomic E-state index is 11.9. The maximum Gasteiger partial charge on any atom is 0.220 e. The van der Waals surface area contributed by atoms with E-state index in [1.54, 1.807) is 0 Å². The Balaban J connectivity index is 2.36. The van der Waals surface area contributed by atoms with Crippen molar-refractivity contribution in [2.45, 2.75) is 33.2 Å². The van der Waals surface area contributed by atoms with Gasteiger partial charge in [-0.15, -0.1) is 0 Å². The number of amides is 1. The van der Waals surface area contributed by atoms with Gasteiger partial charge in [-0.1, -0.05) is 41.9 Å². The predicted molar refractivity (Wildman–Crippen MR) is 82.6 cm³/mol. The number of hydrogen-bond acceptors (Lipinski definition) is 2. The third-order valence-electron chi connectivity index (χ3n) is 3.02. The van der Waals surface area contributed by atoms with E-state index >= 15 is 0 Å². The zero-order valence-electron chi connectivity index (χ0n) is 11.7. The van der Waals surface area contributed by atoms with Gasteiger partial charge in [-0.2, -0.15) is 0 Å². The molecule has 1 amide bonds. The topological polar surface area (TPSA) is 55.1 Å². The van der Waals surface area contributed by atoms with Crippen molar-refractivity contribution in [2.24, 2.45) is 17.6 Å². The van der Waals surface area contributed by atoms with Gasteiger partial charge in [0, 0.05) is 17.4 Å². The van der Waals surface area contributed by atoms with E-state index in [0.717, 1.165) is 16.5 Å². The molecule has 0 aliphatic carbocycles. The number of hydrogen-bond donors (Lipinski definition) is 2. The minimum atomic E-state index is 0.0824. The summed E-state index contributed by atoms with van der Waals surface area (Å²) < 4.78 is 1.04. The summed E-state index contributed by atoms with van der Waals surface area (Å²) in [4.78, 5) is 11.9. The highest BCUT2D eigenvalue weighted by Gasteiger charge is 2.13. The molecule has 0 bridgehead atoms. The number of benzene rings is 1. The van der Waals surface area contributed by atoms with Crippen LogP contribution in [0.2, 0.25) is 0 Å². The highest BCUT2D eigenvalue weighted by molar-refractivity contribution is 9.10. The van der Waals surface area contributed by atoms with Crippen LogP contribution in [-0.4, -0.2) is 12.5 Å². The fourth-order valence-corrected chi connectivity index (χ4v) is 2.33. The van der Waals surface area contributed by atoms with Crippen molar-refractivity contribution < 1.29 is 4.79 Å². The lowest BCUT2D eigenvalue weighted by Gasteiger charge is -2.16. The van der Waals surface area contributed by atoms with Gasteiger partial charge in [0.05, 0.1) is 0 Å². The van der Waals surface area contributed by atoms with Crippen LogP contribution in [0, 0.1) is 11.8 Å². The Morgan fingerprint density at radius 1 is 1.32 bits per heavy atom. The Morgan fingerprint density at radius 2 is 1.95 bits per heavy atom. The molecule has 0 spiro atoms. The summed E-state index contributed by atoms with van der Waals surface area (Å²) in [5.41, 5.74) is 6.81. The molecule has 1 atom stereocenters. The van der Waals surface area contributed by atoms with Crippen LogP contribution < -0.4 is 11.1 Å². The van der Waals surface area contributed by atoms with E-state index < -0.39 is 0 Å². The molecule has 1 rings (SSSR count). The first-order chi connectivity index (χ1) is 9.01. The molecule has 3 nitrogen and oxygen atoms in total.